The number of rotatable bonds is 5. The smallest absolute Gasteiger partial charge is 0.441 e. The average Bonchev–Trinajstić information content (AvgIpc) is 2.78. The Hall–Kier alpha value is -2.26. The number of hydrogen-bond donors (Lipinski definition) is 3. The maximum Gasteiger partial charge on any atom is 0.441 e. The highest BCUT2D eigenvalue weighted by molar-refractivity contribution is 7.99. The van der Waals surface area contributed by atoms with Crippen molar-refractivity contribution in [3.63, 3.8) is 0 Å². The van der Waals surface area contributed by atoms with Gasteiger partial charge in [0.15, 0.2) is 7.05 Å². The number of nitrogens with one attached hydrogen (secondary N) is 2. The van der Waals surface area contributed by atoms with Crippen molar-refractivity contribution in [3.05, 3.63) is 39.2 Å². The molecule has 8 nitrogen and oxygen atoms in total. The van der Waals surface area contributed by atoms with Gasteiger partial charge >= 0.3 is 16.6 Å². The summed E-state index contributed by atoms with van der Waals surface area (Å²) in [6.45, 7) is 0. The van der Waals surface area contributed by atoms with E-state index in [0.29, 0.717) is 0 Å². The fourth-order valence-corrected chi connectivity index (χ4v) is 2.46. The van der Waals surface area contributed by atoms with E-state index in [-0.39, 0.29) is 27.1 Å². The molecule has 0 atom stereocenters. The Balaban J connectivity index is 2.05. The molecule has 0 aliphatic heterocycles. The minimum atomic E-state index is -1.13. The first-order valence-corrected chi connectivity index (χ1v) is 7.28. The van der Waals surface area contributed by atoms with Crippen LogP contribution in [0.4, 0.5) is 5.69 Å². The number of aryl methyl sites for hydroxylation is 1. The summed E-state index contributed by atoms with van der Waals surface area (Å²) in [5, 5.41) is 14.2. The van der Waals surface area contributed by atoms with Gasteiger partial charge in [0, 0.05) is 0 Å². The first-order chi connectivity index (χ1) is 10.4. The van der Waals surface area contributed by atoms with Crippen LogP contribution in [-0.2, 0) is 11.8 Å². The van der Waals surface area contributed by atoms with E-state index in [1.54, 1.807) is 7.05 Å². The molecule has 0 fully saturated rings. The highest BCUT2D eigenvalue weighted by Gasteiger charge is 2.19. The number of thioether (sulfide) groups is 1. The molecule has 10 heteroatoms. The van der Waals surface area contributed by atoms with Crippen molar-refractivity contribution in [3.8, 4) is 0 Å². The molecule has 0 spiro atoms. The molecule has 0 unspecified atom stereocenters. The largest absolute Gasteiger partial charge is 0.478 e. The molecule has 116 valence electrons. The average molecular weight is 345 g/mol. The zero-order chi connectivity index (χ0) is 16.3. The van der Waals surface area contributed by atoms with Gasteiger partial charge in [-0.05, 0) is 35.2 Å². The second kappa shape index (κ2) is 6.67. The number of aromatic carboxylic acids is 1. The molecule has 2 rings (SSSR count). The number of halogens is 1. The number of H-pyrrole nitrogens is 1. The summed E-state index contributed by atoms with van der Waals surface area (Å²) in [4.78, 5) is 34.1. The number of carboxylic acid groups (broad SMARTS) is 1. The Labute approximate surface area is 133 Å². The number of nitrogens with zero attached hydrogens (tertiary/aromatic N) is 1. The van der Waals surface area contributed by atoms with E-state index in [1.807, 2.05) is 0 Å². The quantitative estimate of drug-likeness (QED) is 0.547. The van der Waals surface area contributed by atoms with Crippen LogP contribution in [0, 0.1) is 0 Å². The number of anilines is 1. The summed E-state index contributed by atoms with van der Waals surface area (Å²) < 4.78 is 5.90. The molecule has 1 heterocycles. The molecular formula is C12H11ClN3O5S+. The molecule has 1 aromatic heterocycles. The van der Waals surface area contributed by atoms with Gasteiger partial charge in [-0.2, -0.15) is 0 Å². The number of carbonyl (C=O) groups is 2. The van der Waals surface area contributed by atoms with Crippen molar-refractivity contribution in [2.45, 2.75) is 5.03 Å². The van der Waals surface area contributed by atoms with Crippen LogP contribution in [0.1, 0.15) is 10.4 Å². The molecule has 2 aromatic rings. The van der Waals surface area contributed by atoms with Crippen LogP contribution in [0.3, 0.4) is 0 Å². The Bertz CT molecular complexity index is 785. The lowest BCUT2D eigenvalue weighted by molar-refractivity contribution is -0.772. The Morgan fingerprint density at radius 2 is 2.23 bits per heavy atom. The molecule has 0 aliphatic carbocycles. The second-order valence-corrected chi connectivity index (χ2v) is 5.55. The predicted octanol–water partition coefficient (Wildman–Crippen LogP) is 0.875. The number of hydrogen-bond acceptors (Lipinski definition) is 5. The fraction of sp³-hybridized carbons (Fsp3) is 0.167. The van der Waals surface area contributed by atoms with Crippen molar-refractivity contribution < 1.29 is 23.9 Å². The highest BCUT2D eigenvalue weighted by Crippen LogP contribution is 2.23. The van der Waals surface area contributed by atoms with Gasteiger partial charge in [-0.1, -0.05) is 16.3 Å². The lowest BCUT2D eigenvalue weighted by atomic mass is 10.2. The summed E-state index contributed by atoms with van der Waals surface area (Å²) >= 11 is 6.88. The van der Waals surface area contributed by atoms with Gasteiger partial charge in [0.25, 0.3) is 0 Å². The SMILES string of the molecule is C[n+]1[nH]oc(=O)c1SCC(=O)Nc1cc(C(=O)O)ccc1Cl. The maximum atomic E-state index is 11.9. The molecule has 1 amide bonds. The van der Waals surface area contributed by atoms with Gasteiger partial charge in [0.1, 0.15) is 0 Å². The van der Waals surface area contributed by atoms with E-state index in [4.69, 9.17) is 16.7 Å². The summed E-state index contributed by atoms with van der Waals surface area (Å²) in [5.74, 6) is -1.63. The van der Waals surface area contributed by atoms with Crippen LogP contribution < -0.4 is 15.6 Å². The van der Waals surface area contributed by atoms with E-state index in [9.17, 15) is 14.4 Å². The van der Waals surface area contributed by atoms with Crippen LogP contribution in [0.2, 0.25) is 5.02 Å². The van der Waals surface area contributed by atoms with Gasteiger partial charge in [0.2, 0.25) is 5.91 Å². The Morgan fingerprint density at radius 3 is 2.82 bits per heavy atom. The monoisotopic (exact) mass is 344 g/mol. The zero-order valence-corrected chi connectivity index (χ0v) is 12.8. The standard InChI is InChI=1S/C12H10ClN3O5S/c1-16-10(12(20)21-15-16)22-5-9(17)14-8-4-6(11(18)19)2-3-7(8)13/h2-4H,5H2,1H3,(H2-,14,15,17,18,19,20)/p+1. The second-order valence-electron chi connectivity index (χ2n) is 4.18. The summed E-state index contributed by atoms with van der Waals surface area (Å²) in [5.41, 5.74) is -0.381. The summed E-state index contributed by atoms with van der Waals surface area (Å²) in [6, 6.07) is 3.98. The van der Waals surface area contributed by atoms with Gasteiger partial charge in [-0.15, -0.1) is 0 Å². The maximum absolute atomic E-state index is 11.9. The lowest BCUT2D eigenvalue weighted by Gasteiger charge is -2.07. The summed E-state index contributed by atoms with van der Waals surface area (Å²) in [7, 11) is 1.57. The third-order valence-electron chi connectivity index (χ3n) is 2.58. The third-order valence-corrected chi connectivity index (χ3v) is 4.03. The first-order valence-electron chi connectivity index (χ1n) is 5.91. The molecular weight excluding hydrogens is 334 g/mol. The Morgan fingerprint density at radius 1 is 1.50 bits per heavy atom. The number of amides is 1. The number of aromatic nitrogens is 2. The van der Waals surface area contributed by atoms with Crippen LogP contribution in [0.25, 0.3) is 0 Å². The van der Waals surface area contributed by atoms with Crippen LogP contribution in [0.15, 0.2) is 32.5 Å². The van der Waals surface area contributed by atoms with Crippen molar-refractivity contribution in [2.24, 2.45) is 7.05 Å². The van der Waals surface area contributed by atoms with E-state index < -0.39 is 17.5 Å². The first kappa shape index (κ1) is 16.1. The molecule has 3 N–H and O–H groups in total. The van der Waals surface area contributed by atoms with E-state index >= 15 is 0 Å². The van der Waals surface area contributed by atoms with Crippen molar-refractivity contribution >= 4 is 40.9 Å². The fourth-order valence-electron chi connectivity index (χ4n) is 1.56. The molecule has 1 aromatic carbocycles. The van der Waals surface area contributed by atoms with Gasteiger partial charge in [-0.25, -0.2) is 9.59 Å². The normalized spacial score (nSPS) is 10.5. The van der Waals surface area contributed by atoms with Crippen LogP contribution >= 0.6 is 23.4 Å². The summed E-state index contributed by atoms with van der Waals surface area (Å²) in [6.07, 6.45) is 0. The molecule has 22 heavy (non-hydrogen) atoms. The lowest BCUT2D eigenvalue weighted by Crippen LogP contribution is -2.34. The van der Waals surface area contributed by atoms with E-state index in [1.165, 1.54) is 22.9 Å². The van der Waals surface area contributed by atoms with Gasteiger partial charge in [0.05, 0.1) is 22.0 Å². The minimum absolute atomic E-state index is 0.00466. The third kappa shape index (κ3) is 3.68. The predicted molar refractivity (Wildman–Crippen MR) is 78.3 cm³/mol. The number of carboxylic acids is 1. The number of benzene rings is 1. The highest BCUT2D eigenvalue weighted by atomic mass is 35.5. The zero-order valence-electron chi connectivity index (χ0n) is 11.3. The van der Waals surface area contributed by atoms with Crippen molar-refractivity contribution in [2.75, 3.05) is 11.1 Å². The topological polar surface area (TPSA) is 116 Å². The minimum Gasteiger partial charge on any atom is -0.478 e. The molecule has 0 bridgehead atoms. The van der Waals surface area contributed by atoms with Crippen molar-refractivity contribution in [1.29, 1.82) is 0 Å². The molecule has 0 saturated carbocycles. The molecule has 0 aliphatic rings. The molecule has 0 saturated heterocycles. The van der Waals surface area contributed by atoms with Gasteiger partial charge in [-0.3, -0.25) is 9.32 Å². The van der Waals surface area contributed by atoms with E-state index in [2.05, 4.69) is 15.1 Å². The van der Waals surface area contributed by atoms with Crippen LogP contribution in [-0.4, -0.2) is 28.0 Å². The Kier molecular flexibility index (Phi) is 4.88. The van der Waals surface area contributed by atoms with Gasteiger partial charge < -0.3 is 10.4 Å². The van der Waals surface area contributed by atoms with Crippen molar-refractivity contribution in [1.82, 2.24) is 5.27 Å². The van der Waals surface area contributed by atoms with E-state index in [0.717, 1.165) is 11.8 Å². The molecule has 0 radical (unpaired) electrons. The number of aromatic amines is 1. The number of carbonyl (C=O) groups excluding carboxylic acids is 1. The van der Waals surface area contributed by atoms with Crippen LogP contribution in [0.5, 0.6) is 0 Å².